The summed E-state index contributed by atoms with van der Waals surface area (Å²) in [4.78, 5) is 16.6. The third-order valence-electron chi connectivity index (χ3n) is 3.39. The molecule has 110 valence electrons. The van der Waals surface area contributed by atoms with Gasteiger partial charge < -0.3 is 9.80 Å². The van der Waals surface area contributed by atoms with Crippen LogP contribution in [0.25, 0.3) is 0 Å². The number of hydrogen-bond acceptors (Lipinski definition) is 2. The second kappa shape index (κ2) is 7.05. The Labute approximate surface area is 137 Å². The summed E-state index contributed by atoms with van der Waals surface area (Å²) < 4.78 is 1.99. The van der Waals surface area contributed by atoms with E-state index in [-0.39, 0.29) is 11.8 Å². The predicted molar refractivity (Wildman–Crippen MR) is 90.1 cm³/mol. The van der Waals surface area contributed by atoms with E-state index in [2.05, 4.69) is 50.9 Å². The molecule has 1 aromatic carbocycles. The zero-order valence-electron chi connectivity index (χ0n) is 11.9. The number of amides is 1. The quantitative estimate of drug-likeness (QED) is 0.718. The molecule has 1 amide bonds. The van der Waals surface area contributed by atoms with Crippen LogP contribution in [0.15, 0.2) is 27.1 Å². The van der Waals surface area contributed by atoms with Crippen molar-refractivity contribution >= 4 is 43.5 Å². The number of benzene rings is 1. The minimum Gasteiger partial charge on any atom is -0.312 e. The first-order valence-corrected chi connectivity index (χ1v) is 8.49. The van der Waals surface area contributed by atoms with Gasteiger partial charge in [-0.15, -0.1) is 0 Å². The van der Waals surface area contributed by atoms with Crippen LogP contribution in [0.3, 0.4) is 0 Å². The van der Waals surface area contributed by atoms with E-state index in [0.717, 1.165) is 47.0 Å². The van der Waals surface area contributed by atoms with Crippen LogP contribution in [0, 0.1) is 5.92 Å². The van der Waals surface area contributed by atoms with Gasteiger partial charge in [-0.1, -0.05) is 0 Å². The standard InChI is InChI=1S/C15H20Br2N2O/c1-18(2)8-3-9-19(15(20)11-4-5-11)12-6-7-13(16)14(17)10-12/h6-7,10-11H,3-5,8-9H2,1-2H3. The molecule has 5 heteroatoms. The summed E-state index contributed by atoms with van der Waals surface area (Å²) in [5.41, 5.74) is 0.982. The average molecular weight is 404 g/mol. The molecule has 1 aromatic rings. The van der Waals surface area contributed by atoms with Gasteiger partial charge in [0.2, 0.25) is 5.91 Å². The van der Waals surface area contributed by atoms with Crippen LogP contribution in [0.5, 0.6) is 0 Å². The smallest absolute Gasteiger partial charge is 0.230 e. The van der Waals surface area contributed by atoms with Gasteiger partial charge in [0.25, 0.3) is 0 Å². The highest BCUT2D eigenvalue weighted by Gasteiger charge is 2.33. The Balaban J connectivity index is 2.11. The number of carbonyl (C=O) groups is 1. The fourth-order valence-corrected chi connectivity index (χ4v) is 2.73. The molecule has 0 unspecified atom stereocenters. The van der Waals surface area contributed by atoms with Crippen molar-refractivity contribution in [3.8, 4) is 0 Å². The summed E-state index contributed by atoms with van der Waals surface area (Å²) in [6.07, 6.45) is 3.07. The Morgan fingerprint density at radius 2 is 1.90 bits per heavy atom. The molecule has 3 nitrogen and oxygen atoms in total. The number of rotatable bonds is 6. The minimum absolute atomic E-state index is 0.247. The summed E-state index contributed by atoms with van der Waals surface area (Å²) in [5.74, 6) is 0.523. The van der Waals surface area contributed by atoms with Crippen molar-refractivity contribution in [3.05, 3.63) is 27.1 Å². The fraction of sp³-hybridized carbons (Fsp3) is 0.533. The Kier molecular flexibility index (Phi) is 5.64. The summed E-state index contributed by atoms with van der Waals surface area (Å²) in [7, 11) is 4.12. The summed E-state index contributed by atoms with van der Waals surface area (Å²) in [5, 5.41) is 0. The maximum absolute atomic E-state index is 12.5. The lowest BCUT2D eigenvalue weighted by Gasteiger charge is -2.24. The van der Waals surface area contributed by atoms with E-state index in [1.807, 2.05) is 23.1 Å². The molecule has 0 atom stereocenters. The summed E-state index contributed by atoms with van der Waals surface area (Å²) in [6.45, 7) is 1.77. The molecule has 0 spiro atoms. The SMILES string of the molecule is CN(C)CCCN(C(=O)C1CC1)c1ccc(Br)c(Br)c1. The molecule has 0 radical (unpaired) electrons. The molecule has 0 saturated heterocycles. The molecule has 2 rings (SSSR count). The molecule has 0 aromatic heterocycles. The van der Waals surface area contributed by atoms with Crippen molar-refractivity contribution in [2.45, 2.75) is 19.3 Å². The molecule has 1 aliphatic rings. The van der Waals surface area contributed by atoms with Gasteiger partial charge in [0.1, 0.15) is 0 Å². The summed E-state index contributed by atoms with van der Waals surface area (Å²) in [6, 6.07) is 6.00. The third kappa shape index (κ3) is 4.30. The van der Waals surface area contributed by atoms with Gasteiger partial charge in [0.05, 0.1) is 0 Å². The normalized spacial score (nSPS) is 14.7. The molecule has 0 bridgehead atoms. The average Bonchev–Trinajstić information content (AvgIpc) is 3.21. The maximum Gasteiger partial charge on any atom is 0.230 e. The molecule has 1 saturated carbocycles. The maximum atomic E-state index is 12.5. The zero-order valence-corrected chi connectivity index (χ0v) is 15.1. The zero-order chi connectivity index (χ0) is 14.7. The van der Waals surface area contributed by atoms with Crippen molar-refractivity contribution < 1.29 is 4.79 Å². The van der Waals surface area contributed by atoms with Gasteiger partial charge in [0.15, 0.2) is 0 Å². The first-order chi connectivity index (χ1) is 9.49. The molecule has 20 heavy (non-hydrogen) atoms. The lowest BCUT2D eigenvalue weighted by atomic mass is 10.2. The van der Waals surface area contributed by atoms with E-state index < -0.39 is 0 Å². The van der Waals surface area contributed by atoms with Crippen LogP contribution in [0.4, 0.5) is 5.69 Å². The van der Waals surface area contributed by atoms with Crippen molar-refractivity contribution in [2.75, 3.05) is 32.1 Å². The van der Waals surface area contributed by atoms with Gasteiger partial charge in [-0.2, -0.15) is 0 Å². The first kappa shape index (κ1) is 16.0. The van der Waals surface area contributed by atoms with Crippen LogP contribution >= 0.6 is 31.9 Å². The summed E-state index contributed by atoms with van der Waals surface area (Å²) >= 11 is 6.99. The van der Waals surface area contributed by atoms with Crippen molar-refractivity contribution in [3.63, 3.8) is 0 Å². The third-order valence-corrected chi connectivity index (χ3v) is 5.27. The van der Waals surface area contributed by atoms with E-state index in [1.54, 1.807) is 0 Å². The van der Waals surface area contributed by atoms with Crippen LogP contribution < -0.4 is 4.90 Å². The van der Waals surface area contributed by atoms with Crippen LogP contribution in [-0.2, 0) is 4.79 Å². The van der Waals surface area contributed by atoms with Crippen molar-refractivity contribution in [1.82, 2.24) is 4.90 Å². The number of nitrogens with zero attached hydrogens (tertiary/aromatic N) is 2. The molecule has 0 heterocycles. The lowest BCUT2D eigenvalue weighted by Crippen LogP contribution is -2.34. The number of hydrogen-bond donors (Lipinski definition) is 0. The number of anilines is 1. The monoisotopic (exact) mass is 402 g/mol. The highest BCUT2D eigenvalue weighted by Crippen LogP contribution is 2.34. The van der Waals surface area contributed by atoms with Crippen molar-refractivity contribution in [2.24, 2.45) is 5.92 Å². The van der Waals surface area contributed by atoms with E-state index in [0.29, 0.717) is 0 Å². The van der Waals surface area contributed by atoms with Gasteiger partial charge >= 0.3 is 0 Å². The molecule has 0 aliphatic heterocycles. The van der Waals surface area contributed by atoms with E-state index in [1.165, 1.54) is 0 Å². The van der Waals surface area contributed by atoms with Crippen LogP contribution in [-0.4, -0.2) is 38.0 Å². The molecule has 0 N–H and O–H groups in total. The van der Waals surface area contributed by atoms with Gasteiger partial charge in [-0.3, -0.25) is 4.79 Å². The largest absolute Gasteiger partial charge is 0.312 e. The molecular formula is C15H20Br2N2O. The Morgan fingerprint density at radius 3 is 2.45 bits per heavy atom. The van der Waals surface area contributed by atoms with E-state index in [4.69, 9.17) is 0 Å². The second-order valence-corrected chi connectivity index (χ2v) is 7.23. The lowest BCUT2D eigenvalue weighted by molar-refractivity contribution is -0.119. The minimum atomic E-state index is 0.247. The topological polar surface area (TPSA) is 23.6 Å². The predicted octanol–water partition coefficient (Wildman–Crippen LogP) is 3.91. The Morgan fingerprint density at radius 1 is 1.20 bits per heavy atom. The highest BCUT2D eigenvalue weighted by molar-refractivity contribution is 9.13. The number of halogens is 2. The van der Waals surface area contributed by atoms with Crippen LogP contribution in [0.2, 0.25) is 0 Å². The van der Waals surface area contributed by atoms with Gasteiger partial charge in [0, 0.05) is 27.1 Å². The van der Waals surface area contributed by atoms with E-state index >= 15 is 0 Å². The Bertz CT molecular complexity index is 487. The van der Waals surface area contributed by atoms with Crippen molar-refractivity contribution in [1.29, 1.82) is 0 Å². The number of carbonyl (C=O) groups excluding carboxylic acids is 1. The molecular weight excluding hydrogens is 384 g/mol. The van der Waals surface area contributed by atoms with Crippen LogP contribution in [0.1, 0.15) is 19.3 Å². The van der Waals surface area contributed by atoms with Gasteiger partial charge in [-0.05, 0) is 90.0 Å². The highest BCUT2D eigenvalue weighted by atomic mass is 79.9. The first-order valence-electron chi connectivity index (χ1n) is 6.90. The molecule has 1 aliphatic carbocycles. The fourth-order valence-electron chi connectivity index (χ4n) is 2.12. The Hall–Kier alpha value is -0.390. The second-order valence-electron chi connectivity index (χ2n) is 5.52. The van der Waals surface area contributed by atoms with Gasteiger partial charge in [-0.25, -0.2) is 0 Å². The van der Waals surface area contributed by atoms with E-state index in [9.17, 15) is 4.79 Å². The molecule has 1 fully saturated rings.